The summed E-state index contributed by atoms with van der Waals surface area (Å²) >= 11 is 0. The van der Waals surface area contributed by atoms with Gasteiger partial charge in [0.25, 0.3) is 17.4 Å². The summed E-state index contributed by atoms with van der Waals surface area (Å²) in [5, 5.41) is 10.7. The molecule has 0 aliphatic carbocycles. The van der Waals surface area contributed by atoms with Gasteiger partial charge in [0.1, 0.15) is 0 Å². The summed E-state index contributed by atoms with van der Waals surface area (Å²) in [6.07, 6.45) is -0.0774. The van der Waals surface area contributed by atoms with Crippen molar-refractivity contribution in [2.24, 2.45) is 5.84 Å². The average molecular weight is 278 g/mol. The number of ketones is 1. The fourth-order valence-corrected chi connectivity index (χ4v) is 1.91. The number of nitro groups is 1. The number of nitrogens with two attached hydrogens (primary N) is 1. The van der Waals surface area contributed by atoms with Gasteiger partial charge in [0.05, 0.1) is 16.2 Å². The summed E-state index contributed by atoms with van der Waals surface area (Å²) in [7, 11) is 0. The highest BCUT2D eigenvalue weighted by Crippen LogP contribution is 2.31. The van der Waals surface area contributed by atoms with Gasteiger partial charge in [-0.3, -0.25) is 29.9 Å². The van der Waals surface area contributed by atoms with Crippen LogP contribution in [-0.4, -0.2) is 29.1 Å². The number of nitrogens with one attached hydrogen (secondary N) is 1. The van der Waals surface area contributed by atoms with Crippen molar-refractivity contribution in [3.8, 4) is 0 Å². The van der Waals surface area contributed by atoms with Crippen LogP contribution in [0.4, 0.5) is 11.4 Å². The molecule has 0 aromatic heterocycles. The van der Waals surface area contributed by atoms with Crippen LogP contribution in [0.25, 0.3) is 0 Å². The highest BCUT2D eigenvalue weighted by Gasteiger charge is 2.36. The van der Waals surface area contributed by atoms with E-state index >= 15 is 0 Å². The lowest BCUT2D eigenvalue weighted by atomic mass is 10.1. The minimum Gasteiger partial charge on any atom is -0.304 e. The Balaban J connectivity index is 2.31. The van der Waals surface area contributed by atoms with Crippen molar-refractivity contribution >= 4 is 29.0 Å². The van der Waals surface area contributed by atoms with Crippen molar-refractivity contribution in [1.29, 1.82) is 0 Å². The molecule has 0 spiro atoms. The quantitative estimate of drug-likeness (QED) is 0.250. The van der Waals surface area contributed by atoms with Crippen molar-refractivity contribution in [3.63, 3.8) is 0 Å². The van der Waals surface area contributed by atoms with E-state index in [2.05, 4.69) is 0 Å². The molecule has 0 fully saturated rings. The third-order valence-electron chi connectivity index (χ3n) is 2.89. The van der Waals surface area contributed by atoms with Crippen LogP contribution in [0.2, 0.25) is 0 Å². The third-order valence-corrected chi connectivity index (χ3v) is 2.89. The number of carbonyl (C=O) groups is 3. The monoisotopic (exact) mass is 278 g/mol. The van der Waals surface area contributed by atoms with Crippen LogP contribution in [0.1, 0.15) is 16.8 Å². The number of hydrogen-bond donors (Lipinski definition) is 2. The fraction of sp³-hybridized carbons (Fsp3) is 0.182. The van der Waals surface area contributed by atoms with Gasteiger partial charge in [-0.05, 0) is 6.07 Å². The van der Waals surface area contributed by atoms with Gasteiger partial charge in [0, 0.05) is 25.1 Å². The summed E-state index contributed by atoms with van der Waals surface area (Å²) in [4.78, 5) is 45.7. The first-order chi connectivity index (χ1) is 9.45. The minimum atomic E-state index is -0.822. The first-order valence-electron chi connectivity index (χ1n) is 5.59. The van der Waals surface area contributed by atoms with Crippen molar-refractivity contribution in [1.82, 2.24) is 5.43 Å². The van der Waals surface area contributed by atoms with Gasteiger partial charge in [-0.25, -0.2) is 5.84 Å². The van der Waals surface area contributed by atoms with Crippen LogP contribution in [0.5, 0.6) is 0 Å². The molecule has 0 saturated carbocycles. The van der Waals surface area contributed by atoms with Crippen LogP contribution in [0.3, 0.4) is 0 Å². The molecule has 9 heteroatoms. The van der Waals surface area contributed by atoms with Crippen molar-refractivity contribution < 1.29 is 19.3 Å². The second-order valence-corrected chi connectivity index (χ2v) is 4.06. The highest BCUT2D eigenvalue weighted by atomic mass is 16.6. The zero-order chi connectivity index (χ0) is 14.9. The number of rotatable bonds is 4. The van der Waals surface area contributed by atoms with Crippen LogP contribution in [-0.2, 0) is 9.59 Å². The second kappa shape index (κ2) is 5.05. The van der Waals surface area contributed by atoms with Crippen LogP contribution >= 0.6 is 0 Å². The molecule has 9 nitrogen and oxygen atoms in total. The predicted molar refractivity (Wildman–Crippen MR) is 66.7 cm³/mol. The lowest BCUT2D eigenvalue weighted by Crippen LogP contribution is -2.36. The molecule has 2 amide bonds. The summed E-state index contributed by atoms with van der Waals surface area (Å²) in [5.74, 6) is 2.80. The summed E-state index contributed by atoms with van der Waals surface area (Å²) in [6.45, 7) is -0.0293. The number of non-ortho nitro benzene ring substituents is 1. The number of Topliss-reactive ketones (excluding diaryl/α,β-unsaturated/α-hetero) is 1. The molecular weight excluding hydrogens is 268 g/mol. The topological polar surface area (TPSA) is 136 Å². The van der Waals surface area contributed by atoms with Crippen molar-refractivity contribution in [2.45, 2.75) is 6.42 Å². The van der Waals surface area contributed by atoms with E-state index in [0.29, 0.717) is 0 Å². The Labute approximate surface area is 112 Å². The van der Waals surface area contributed by atoms with Gasteiger partial charge in [-0.15, -0.1) is 0 Å². The van der Waals surface area contributed by atoms with E-state index in [1.807, 2.05) is 5.43 Å². The molecular formula is C11H10N4O5. The lowest BCUT2D eigenvalue weighted by Gasteiger charge is -2.15. The van der Waals surface area contributed by atoms with E-state index in [-0.39, 0.29) is 29.9 Å². The van der Waals surface area contributed by atoms with E-state index in [1.54, 1.807) is 0 Å². The first kappa shape index (κ1) is 13.6. The minimum absolute atomic E-state index is 0.0293. The maximum Gasteiger partial charge on any atom is 0.299 e. The van der Waals surface area contributed by atoms with E-state index < -0.39 is 22.5 Å². The molecule has 0 radical (unpaired) electrons. The Hall–Kier alpha value is -2.81. The van der Waals surface area contributed by atoms with Crippen molar-refractivity contribution in [3.05, 3.63) is 33.9 Å². The molecule has 0 saturated heterocycles. The molecule has 0 unspecified atom stereocenters. The number of hydrogen-bond acceptors (Lipinski definition) is 6. The zero-order valence-electron chi connectivity index (χ0n) is 10.2. The molecule has 0 bridgehead atoms. The van der Waals surface area contributed by atoms with Gasteiger partial charge in [-0.1, -0.05) is 0 Å². The van der Waals surface area contributed by atoms with Gasteiger partial charge in [0.15, 0.2) is 0 Å². The SMILES string of the molecule is NNC(=O)CCN1C(=O)C(=O)c2cc([N+](=O)[O-])ccc21. The number of nitro benzene ring substituents is 1. The van der Waals surface area contributed by atoms with Crippen LogP contribution in [0.15, 0.2) is 18.2 Å². The third kappa shape index (κ3) is 2.21. The van der Waals surface area contributed by atoms with Gasteiger partial charge >= 0.3 is 0 Å². The summed E-state index contributed by atoms with van der Waals surface area (Å²) < 4.78 is 0. The number of hydrazine groups is 1. The molecule has 1 aliphatic rings. The standard InChI is InChI=1S/C11H10N4O5/c12-13-9(16)3-4-14-8-2-1-6(15(19)20)5-7(8)10(17)11(14)18/h1-2,5H,3-4,12H2,(H,13,16). The Morgan fingerprint density at radius 1 is 1.40 bits per heavy atom. The maximum absolute atomic E-state index is 11.8. The highest BCUT2D eigenvalue weighted by molar-refractivity contribution is 6.52. The normalized spacial score (nSPS) is 13.3. The molecule has 1 aromatic carbocycles. The number of nitrogens with zero attached hydrogens (tertiary/aromatic N) is 2. The predicted octanol–water partition coefficient (Wildman–Crippen LogP) is -0.496. The van der Waals surface area contributed by atoms with Crippen LogP contribution < -0.4 is 16.2 Å². The molecule has 0 atom stereocenters. The van der Waals surface area contributed by atoms with E-state index in [0.717, 1.165) is 11.0 Å². The molecule has 20 heavy (non-hydrogen) atoms. The average Bonchev–Trinajstić information content (AvgIpc) is 2.68. The van der Waals surface area contributed by atoms with Gasteiger partial charge in [0.2, 0.25) is 5.91 Å². The molecule has 1 aliphatic heterocycles. The van der Waals surface area contributed by atoms with Gasteiger partial charge < -0.3 is 4.90 Å². The number of benzene rings is 1. The number of fused-ring (bicyclic) bond motifs is 1. The van der Waals surface area contributed by atoms with Crippen molar-refractivity contribution in [2.75, 3.05) is 11.4 Å². The Kier molecular flexibility index (Phi) is 3.44. The van der Waals surface area contributed by atoms with Crippen LogP contribution in [0, 0.1) is 10.1 Å². The lowest BCUT2D eigenvalue weighted by molar-refractivity contribution is -0.384. The largest absolute Gasteiger partial charge is 0.304 e. The Bertz CT molecular complexity index is 627. The first-order valence-corrected chi connectivity index (χ1v) is 5.59. The Morgan fingerprint density at radius 2 is 2.10 bits per heavy atom. The molecule has 3 N–H and O–H groups in total. The molecule has 104 valence electrons. The number of anilines is 1. The molecule has 2 rings (SSSR count). The van der Waals surface area contributed by atoms with E-state index in [9.17, 15) is 24.5 Å². The van der Waals surface area contributed by atoms with E-state index in [4.69, 9.17) is 5.84 Å². The summed E-state index contributed by atoms with van der Waals surface area (Å²) in [5.41, 5.74) is 1.87. The number of amides is 2. The second-order valence-electron chi connectivity index (χ2n) is 4.06. The molecule has 1 heterocycles. The maximum atomic E-state index is 11.8. The fourth-order valence-electron chi connectivity index (χ4n) is 1.91. The van der Waals surface area contributed by atoms with E-state index in [1.165, 1.54) is 12.1 Å². The molecule has 1 aromatic rings. The summed E-state index contributed by atoms with van der Waals surface area (Å²) in [6, 6.07) is 3.57. The zero-order valence-corrected chi connectivity index (χ0v) is 10.2. The Morgan fingerprint density at radius 3 is 2.70 bits per heavy atom. The number of carbonyl (C=O) groups excluding carboxylic acids is 3. The van der Waals surface area contributed by atoms with Gasteiger partial charge in [-0.2, -0.15) is 0 Å². The smallest absolute Gasteiger partial charge is 0.299 e.